The first-order valence-electron chi connectivity index (χ1n) is 9.83. The van der Waals surface area contributed by atoms with Gasteiger partial charge in [0.05, 0.1) is 38.8 Å². The van der Waals surface area contributed by atoms with Crippen LogP contribution in [0.3, 0.4) is 0 Å². The number of fused-ring (bicyclic) bond motifs is 1. The van der Waals surface area contributed by atoms with E-state index in [1.165, 1.54) is 11.1 Å². The molecule has 1 aromatic heterocycles. The first kappa shape index (κ1) is 20.4. The fourth-order valence-electron chi connectivity index (χ4n) is 3.57. The second-order valence-corrected chi connectivity index (χ2v) is 7.70. The standard InChI is InChI=1S/C23H25N3O3S/c1-27-13-12-24-23-26(25-20-10-8-16-6-4-5-7-18(16)20)21(15-30-23)19-14-17(28-2)9-11-22(19)29-3/h4-7,9,11,14-15H,8,10,12-13H2,1-3H3. The number of rotatable bonds is 7. The number of ether oxygens (including phenoxy) is 3. The number of methoxy groups -OCH3 is 3. The van der Waals surface area contributed by atoms with Gasteiger partial charge in [0.1, 0.15) is 11.5 Å². The van der Waals surface area contributed by atoms with Crippen LogP contribution in [0.15, 0.2) is 57.9 Å². The van der Waals surface area contributed by atoms with Gasteiger partial charge in [-0.3, -0.25) is 4.99 Å². The van der Waals surface area contributed by atoms with Gasteiger partial charge in [-0.15, -0.1) is 11.3 Å². The highest BCUT2D eigenvalue weighted by Crippen LogP contribution is 2.34. The Bertz CT molecular complexity index is 1130. The van der Waals surface area contributed by atoms with Gasteiger partial charge in [-0.05, 0) is 36.6 Å². The van der Waals surface area contributed by atoms with Crippen molar-refractivity contribution in [2.45, 2.75) is 12.8 Å². The highest BCUT2D eigenvalue weighted by molar-refractivity contribution is 7.07. The number of nitrogens with zero attached hydrogens (tertiary/aromatic N) is 3. The lowest BCUT2D eigenvalue weighted by Crippen LogP contribution is -2.16. The molecule has 0 atom stereocenters. The van der Waals surface area contributed by atoms with Gasteiger partial charge in [0.25, 0.3) is 0 Å². The zero-order valence-corrected chi connectivity index (χ0v) is 18.2. The average molecular weight is 424 g/mol. The molecule has 0 spiro atoms. The molecule has 1 aliphatic rings. The van der Waals surface area contributed by atoms with Crippen molar-refractivity contribution in [3.8, 4) is 22.8 Å². The van der Waals surface area contributed by atoms with E-state index in [0.29, 0.717) is 13.2 Å². The minimum Gasteiger partial charge on any atom is -0.497 e. The molecule has 1 heterocycles. The Morgan fingerprint density at radius 3 is 2.67 bits per heavy atom. The van der Waals surface area contributed by atoms with Crippen molar-refractivity contribution in [3.63, 3.8) is 0 Å². The lowest BCUT2D eigenvalue weighted by molar-refractivity contribution is 0.207. The van der Waals surface area contributed by atoms with Crippen molar-refractivity contribution in [1.82, 2.24) is 4.68 Å². The van der Waals surface area contributed by atoms with Crippen molar-refractivity contribution < 1.29 is 14.2 Å². The van der Waals surface area contributed by atoms with Gasteiger partial charge in [-0.25, -0.2) is 4.68 Å². The molecule has 0 aliphatic heterocycles. The fraction of sp³-hybridized carbons (Fsp3) is 0.304. The third kappa shape index (κ3) is 4.04. The summed E-state index contributed by atoms with van der Waals surface area (Å²) < 4.78 is 18.2. The van der Waals surface area contributed by atoms with Crippen LogP contribution < -0.4 is 14.3 Å². The molecule has 0 saturated heterocycles. The maximum atomic E-state index is 5.62. The topological polar surface area (TPSA) is 57.3 Å². The van der Waals surface area contributed by atoms with E-state index in [4.69, 9.17) is 24.3 Å². The predicted molar refractivity (Wildman–Crippen MR) is 120 cm³/mol. The molecule has 0 amide bonds. The van der Waals surface area contributed by atoms with Gasteiger partial charge >= 0.3 is 0 Å². The van der Waals surface area contributed by atoms with E-state index in [-0.39, 0.29) is 0 Å². The Hall–Kier alpha value is -2.90. The molecule has 0 bridgehead atoms. The summed E-state index contributed by atoms with van der Waals surface area (Å²) >= 11 is 1.56. The smallest absolute Gasteiger partial charge is 0.206 e. The van der Waals surface area contributed by atoms with Crippen LogP contribution in [0, 0.1) is 0 Å². The summed E-state index contributed by atoms with van der Waals surface area (Å²) in [7, 11) is 5.01. The van der Waals surface area contributed by atoms with Gasteiger partial charge in [0.2, 0.25) is 4.80 Å². The number of thiazole rings is 1. The lowest BCUT2D eigenvalue weighted by atomic mass is 10.1. The summed E-state index contributed by atoms with van der Waals surface area (Å²) in [6.45, 7) is 1.14. The number of hydrogen-bond donors (Lipinski definition) is 0. The predicted octanol–water partition coefficient (Wildman–Crippen LogP) is 3.98. The van der Waals surface area contributed by atoms with Crippen LogP contribution in [0.5, 0.6) is 11.5 Å². The van der Waals surface area contributed by atoms with Crippen molar-refractivity contribution in [2.75, 3.05) is 34.5 Å². The fourth-order valence-corrected chi connectivity index (χ4v) is 4.42. The van der Waals surface area contributed by atoms with Crippen LogP contribution in [0.2, 0.25) is 0 Å². The second kappa shape index (κ2) is 9.28. The summed E-state index contributed by atoms with van der Waals surface area (Å²) in [4.78, 5) is 5.54. The summed E-state index contributed by atoms with van der Waals surface area (Å²) in [6.07, 6.45) is 1.92. The first-order chi connectivity index (χ1) is 14.7. The van der Waals surface area contributed by atoms with Gasteiger partial charge < -0.3 is 14.2 Å². The Kier molecular flexibility index (Phi) is 6.30. The average Bonchev–Trinajstić information content (AvgIpc) is 3.38. The minimum absolute atomic E-state index is 0.565. The molecule has 0 saturated carbocycles. The third-order valence-corrected chi connectivity index (χ3v) is 5.94. The van der Waals surface area contributed by atoms with Crippen LogP contribution in [0.1, 0.15) is 17.5 Å². The van der Waals surface area contributed by atoms with Crippen LogP contribution in [-0.2, 0) is 11.2 Å². The molecular formula is C23H25N3O3S. The molecule has 0 N–H and O–H groups in total. The number of benzene rings is 2. The highest BCUT2D eigenvalue weighted by Gasteiger charge is 2.19. The van der Waals surface area contributed by atoms with E-state index < -0.39 is 0 Å². The Balaban J connectivity index is 1.88. The number of aromatic nitrogens is 1. The molecule has 4 rings (SSSR count). The van der Waals surface area contributed by atoms with Crippen molar-refractivity contribution in [2.24, 2.45) is 10.1 Å². The molecule has 156 valence electrons. The maximum Gasteiger partial charge on any atom is 0.206 e. The van der Waals surface area contributed by atoms with E-state index in [1.807, 2.05) is 22.9 Å². The Labute approximate surface area is 180 Å². The zero-order valence-electron chi connectivity index (χ0n) is 17.4. The van der Waals surface area contributed by atoms with Gasteiger partial charge in [0, 0.05) is 23.6 Å². The summed E-state index contributed by atoms with van der Waals surface area (Å²) in [5, 5.41) is 7.12. The Morgan fingerprint density at radius 2 is 1.87 bits per heavy atom. The number of aryl methyl sites for hydroxylation is 1. The molecule has 0 fully saturated rings. The van der Waals surface area contributed by atoms with Crippen molar-refractivity contribution in [1.29, 1.82) is 0 Å². The quantitative estimate of drug-likeness (QED) is 0.540. The van der Waals surface area contributed by atoms with E-state index in [1.54, 1.807) is 32.7 Å². The molecular weight excluding hydrogens is 398 g/mol. The van der Waals surface area contributed by atoms with Crippen molar-refractivity contribution >= 4 is 17.0 Å². The van der Waals surface area contributed by atoms with E-state index >= 15 is 0 Å². The molecule has 1 aliphatic carbocycles. The molecule has 0 unspecified atom stereocenters. The van der Waals surface area contributed by atoms with E-state index in [9.17, 15) is 0 Å². The van der Waals surface area contributed by atoms with Crippen molar-refractivity contribution in [3.05, 3.63) is 63.8 Å². The molecule has 6 nitrogen and oxygen atoms in total. The lowest BCUT2D eigenvalue weighted by Gasteiger charge is -2.11. The molecule has 30 heavy (non-hydrogen) atoms. The van der Waals surface area contributed by atoms with Crippen LogP contribution >= 0.6 is 11.3 Å². The minimum atomic E-state index is 0.565. The summed E-state index contributed by atoms with van der Waals surface area (Å²) in [6, 6.07) is 14.2. The second-order valence-electron chi connectivity index (χ2n) is 6.86. The SMILES string of the molecule is COCCN=c1scc(-c2cc(OC)ccc2OC)n1N=C1CCc2ccccc21. The van der Waals surface area contributed by atoms with Gasteiger partial charge in [-0.1, -0.05) is 24.3 Å². The monoisotopic (exact) mass is 423 g/mol. The normalized spacial score (nSPS) is 14.9. The van der Waals surface area contributed by atoms with Crippen LogP contribution in [0.4, 0.5) is 0 Å². The largest absolute Gasteiger partial charge is 0.497 e. The zero-order chi connectivity index (χ0) is 20.9. The van der Waals surface area contributed by atoms with E-state index in [2.05, 4.69) is 29.6 Å². The molecule has 7 heteroatoms. The van der Waals surface area contributed by atoms with Gasteiger partial charge in [-0.2, -0.15) is 5.10 Å². The van der Waals surface area contributed by atoms with Crippen LogP contribution in [0.25, 0.3) is 11.3 Å². The molecule has 3 aromatic rings. The summed E-state index contributed by atoms with van der Waals surface area (Å²) in [5.74, 6) is 1.53. The highest BCUT2D eigenvalue weighted by atomic mass is 32.1. The maximum absolute atomic E-state index is 5.62. The summed E-state index contributed by atoms with van der Waals surface area (Å²) in [5.41, 5.74) is 5.45. The first-order valence-corrected chi connectivity index (χ1v) is 10.7. The Morgan fingerprint density at radius 1 is 1.00 bits per heavy atom. The van der Waals surface area contributed by atoms with Gasteiger partial charge in [0.15, 0.2) is 0 Å². The number of hydrogen-bond acceptors (Lipinski definition) is 6. The van der Waals surface area contributed by atoms with E-state index in [0.717, 1.165) is 46.1 Å². The molecule has 2 aromatic carbocycles. The third-order valence-electron chi connectivity index (χ3n) is 5.09. The molecule has 0 radical (unpaired) electrons. The van der Waals surface area contributed by atoms with Crippen LogP contribution in [-0.4, -0.2) is 44.9 Å².